The summed E-state index contributed by atoms with van der Waals surface area (Å²) in [6.07, 6.45) is 1.63. The molecule has 5 rings (SSSR count). The Balaban J connectivity index is 1.60. The molecule has 2 aromatic carbocycles. The minimum absolute atomic E-state index is 0.119. The van der Waals surface area contributed by atoms with Gasteiger partial charge in [-0.25, -0.2) is 0 Å². The van der Waals surface area contributed by atoms with Crippen LogP contribution in [0.25, 0.3) is 21.6 Å². The van der Waals surface area contributed by atoms with Crippen LogP contribution in [0.2, 0.25) is 0 Å². The van der Waals surface area contributed by atoms with Gasteiger partial charge < -0.3 is 24.8 Å². The monoisotopic (exact) mass is 479 g/mol. The summed E-state index contributed by atoms with van der Waals surface area (Å²) in [6, 6.07) is 13.5. The quantitative estimate of drug-likeness (QED) is 0.372. The van der Waals surface area contributed by atoms with Gasteiger partial charge in [0, 0.05) is 38.2 Å². The highest BCUT2D eigenvalue weighted by atomic mass is 32.1. The van der Waals surface area contributed by atoms with Gasteiger partial charge >= 0.3 is 4.87 Å². The van der Waals surface area contributed by atoms with Gasteiger partial charge in [-0.05, 0) is 35.7 Å². The van der Waals surface area contributed by atoms with Crippen molar-refractivity contribution in [1.82, 2.24) is 25.3 Å². The number of rotatable bonds is 7. The fourth-order valence-corrected chi connectivity index (χ4v) is 5.47. The first-order valence-corrected chi connectivity index (χ1v) is 11.9. The van der Waals surface area contributed by atoms with E-state index in [1.165, 1.54) is 6.39 Å². The Morgan fingerprint density at radius 1 is 1.32 bits per heavy atom. The molecule has 10 heteroatoms. The maximum Gasteiger partial charge on any atom is 0.305 e. The smallest absolute Gasteiger partial charge is 0.305 e. The summed E-state index contributed by atoms with van der Waals surface area (Å²) in [7, 11) is 1.63. The number of hydrogen-bond donors (Lipinski definition) is 3. The van der Waals surface area contributed by atoms with Crippen LogP contribution in [0, 0.1) is 0 Å². The largest absolute Gasteiger partial charge is 0.392 e. The molecule has 1 fully saturated rings. The molecule has 1 saturated heterocycles. The van der Waals surface area contributed by atoms with Gasteiger partial charge in [-0.2, -0.15) is 4.98 Å². The number of aromatic nitrogens is 3. The average molecular weight is 480 g/mol. The maximum absolute atomic E-state index is 13.3. The normalized spacial score (nSPS) is 18.2. The Hall–Kier alpha value is -3.34. The number of nitrogens with one attached hydrogen (secondary N) is 2. The van der Waals surface area contributed by atoms with Gasteiger partial charge in [-0.1, -0.05) is 40.8 Å². The molecular formula is C24H25N5O4S. The minimum Gasteiger partial charge on any atom is -0.392 e. The Morgan fingerprint density at radius 3 is 2.94 bits per heavy atom. The number of fused-ring (bicyclic) bond motifs is 1. The Morgan fingerprint density at radius 2 is 2.21 bits per heavy atom. The zero-order chi connectivity index (χ0) is 23.7. The van der Waals surface area contributed by atoms with E-state index in [1.54, 1.807) is 7.05 Å². The first-order chi connectivity index (χ1) is 16.5. The second-order valence-corrected chi connectivity index (χ2v) is 9.57. The van der Waals surface area contributed by atoms with Gasteiger partial charge in [-0.15, -0.1) is 0 Å². The van der Waals surface area contributed by atoms with E-state index in [9.17, 15) is 14.7 Å². The van der Waals surface area contributed by atoms with Crippen LogP contribution >= 0.6 is 11.3 Å². The summed E-state index contributed by atoms with van der Waals surface area (Å²) >= 11 is 1.15. The van der Waals surface area contributed by atoms with Crippen molar-refractivity contribution in [2.75, 3.05) is 26.7 Å². The van der Waals surface area contributed by atoms with Crippen molar-refractivity contribution < 1.29 is 14.4 Å². The third-order valence-electron chi connectivity index (χ3n) is 6.37. The molecule has 0 spiro atoms. The number of hydrogen-bond acceptors (Lipinski definition) is 8. The number of carbonyl (C=O) groups is 1. The fraction of sp³-hybridized carbons (Fsp3) is 0.333. The second kappa shape index (κ2) is 9.49. The number of likely N-dealkylation sites (tertiary alicyclic amines) is 1. The highest BCUT2D eigenvalue weighted by Gasteiger charge is 2.34. The second-order valence-electron chi connectivity index (χ2n) is 8.55. The molecule has 9 nitrogen and oxygen atoms in total. The predicted octanol–water partition coefficient (Wildman–Crippen LogP) is 2.32. The highest BCUT2D eigenvalue weighted by Crippen LogP contribution is 2.37. The van der Waals surface area contributed by atoms with Crippen LogP contribution in [0.5, 0.6) is 0 Å². The number of aliphatic hydroxyl groups is 1. The van der Waals surface area contributed by atoms with Crippen LogP contribution in [0.1, 0.15) is 29.4 Å². The van der Waals surface area contributed by atoms with E-state index in [0.29, 0.717) is 25.3 Å². The molecule has 176 valence electrons. The van der Waals surface area contributed by atoms with E-state index >= 15 is 0 Å². The number of nitrogens with zero attached hydrogens (tertiary/aromatic N) is 3. The summed E-state index contributed by atoms with van der Waals surface area (Å²) in [5, 5.41) is 16.9. The van der Waals surface area contributed by atoms with E-state index in [2.05, 4.69) is 25.3 Å². The van der Waals surface area contributed by atoms with Gasteiger partial charge in [0.25, 0.3) is 0 Å². The molecule has 3 heterocycles. The molecule has 0 aliphatic carbocycles. The molecule has 3 N–H and O–H groups in total. The van der Waals surface area contributed by atoms with Crippen molar-refractivity contribution in [3.63, 3.8) is 0 Å². The highest BCUT2D eigenvalue weighted by molar-refractivity contribution is 7.16. The van der Waals surface area contributed by atoms with Gasteiger partial charge in [-0.3, -0.25) is 9.59 Å². The molecule has 1 aliphatic rings. The number of benzene rings is 2. The van der Waals surface area contributed by atoms with Crippen LogP contribution < -0.4 is 10.2 Å². The van der Waals surface area contributed by atoms with Crippen LogP contribution in [-0.2, 0) is 4.79 Å². The predicted molar refractivity (Wildman–Crippen MR) is 129 cm³/mol. The molecule has 34 heavy (non-hydrogen) atoms. The summed E-state index contributed by atoms with van der Waals surface area (Å²) in [4.78, 5) is 34.3. The molecule has 4 aromatic rings. The van der Waals surface area contributed by atoms with Crippen molar-refractivity contribution in [3.05, 3.63) is 69.7 Å². The van der Waals surface area contributed by atoms with Crippen LogP contribution in [0.3, 0.4) is 0 Å². The van der Waals surface area contributed by atoms with Gasteiger partial charge in [0.1, 0.15) is 0 Å². The number of carbonyl (C=O) groups excluding carboxylic acids is 1. The average Bonchev–Trinajstić information content (AvgIpc) is 3.59. The van der Waals surface area contributed by atoms with Gasteiger partial charge in [0.15, 0.2) is 0 Å². The lowest BCUT2D eigenvalue weighted by atomic mass is 9.79. The van der Waals surface area contributed by atoms with Crippen molar-refractivity contribution in [3.8, 4) is 11.4 Å². The lowest BCUT2D eigenvalue weighted by molar-refractivity contribution is -0.122. The maximum atomic E-state index is 13.3. The van der Waals surface area contributed by atoms with Crippen molar-refractivity contribution in [2.45, 2.75) is 24.4 Å². The molecule has 3 atom stereocenters. The summed E-state index contributed by atoms with van der Waals surface area (Å²) in [6.45, 7) is 1.92. The summed E-state index contributed by atoms with van der Waals surface area (Å²) < 4.78 is 5.76. The van der Waals surface area contributed by atoms with E-state index in [0.717, 1.165) is 44.8 Å². The number of likely N-dealkylation sites (N-methyl/N-ethyl adjacent to an activating group) is 1. The van der Waals surface area contributed by atoms with Crippen molar-refractivity contribution >= 4 is 27.5 Å². The standard InChI is InChI=1S/C24H25N5O4S/c1-25-23(31)21(15-5-6-20-19(10-15)27-24(32)34-20)18(12-29-8-7-17(30)11-29)14-3-2-4-16(9-14)22-26-13-33-28-22/h2-6,9-10,13,17-18,21,30H,7-8,11-12H2,1H3,(H,25,31)(H,27,32)/t17-,18+,21?/m0/s1. The van der Waals surface area contributed by atoms with Crippen molar-refractivity contribution in [1.29, 1.82) is 0 Å². The van der Waals surface area contributed by atoms with Crippen molar-refractivity contribution in [2.24, 2.45) is 0 Å². The van der Waals surface area contributed by atoms with E-state index in [1.807, 2.05) is 42.5 Å². The number of thiazole rings is 1. The van der Waals surface area contributed by atoms with Crippen LogP contribution in [-0.4, -0.2) is 63.8 Å². The lowest BCUT2D eigenvalue weighted by Crippen LogP contribution is -2.36. The molecule has 0 saturated carbocycles. The zero-order valence-corrected chi connectivity index (χ0v) is 19.4. The minimum atomic E-state index is -0.518. The number of aliphatic hydroxyl groups excluding tert-OH is 1. The topological polar surface area (TPSA) is 124 Å². The molecule has 1 aliphatic heterocycles. The zero-order valence-electron chi connectivity index (χ0n) is 18.6. The number of aromatic amines is 1. The Labute approximate surface area is 199 Å². The number of amides is 1. The Kier molecular flexibility index (Phi) is 6.27. The summed E-state index contributed by atoms with van der Waals surface area (Å²) in [5.41, 5.74) is 3.29. The third kappa shape index (κ3) is 4.52. The third-order valence-corrected chi connectivity index (χ3v) is 7.23. The fourth-order valence-electron chi connectivity index (χ4n) is 4.75. The SMILES string of the molecule is CNC(=O)C(c1ccc2sc(=O)[nH]c2c1)[C@H](CN1CC[C@H](O)C1)c1cccc(-c2ncon2)c1. The van der Waals surface area contributed by atoms with E-state index in [4.69, 9.17) is 4.52 Å². The lowest BCUT2D eigenvalue weighted by Gasteiger charge is -2.31. The number of β-amino-alcohol motifs (C(OH)–C–C–N with tert-alkyl or cyclic N) is 1. The first kappa shape index (κ1) is 22.5. The first-order valence-electron chi connectivity index (χ1n) is 11.1. The summed E-state index contributed by atoms with van der Waals surface area (Å²) in [5.74, 6) is -0.381. The Bertz CT molecular complexity index is 1350. The van der Waals surface area contributed by atoms with Crippen LogP contribution in [0.4, 0.5) is 0 Å². The van der Waals surface area contributed by atoms with Gasteiger partial charge in [0.2, 0.25) is 18.1 Å². The molecule has 2 aromatic heterocycles. The molecule has 1 amide bonds. The molecule has 1 unspecified atom stereocenters. The molecule has 0 radical (unpaired) electrons. The van der Waals surface area contributed by atoms with Gasteiger partial charge in [0.05, 0.1) is 22.2 Å². The van der Waals surface area contributed by atoms with E-state index < -0.39 is 5.92 Å². The molecule has 0 bridgehead atoms. The van der Waals surface area contributed by atoms with E-state index in [-0.39, 0.29) is 22.8 Å². The molecular weight excluding hydrogens is 454 g/mol. The number of H-pyrrole nitrogens is 1. The van der Waals surface area contributed by atoms with Crippen LogP contribution in [0.15, 0.2) is 58.2 Å².